The third-order valence-electron chi connectivity index (χ3n) is 7.12. The van der Waals surface area contributed by atoms with Crippen molar-refractivity contribution in [2.45, 2.75) is 45.3 Å². The van der Waals surface area contributed by atoms with Crippen molar-refractivity contribution in [1.29, 1.82) is 0 Å². The van der Waals surface area contributed by atoms with Crippen molar-refractivity contribution in [2.24, 2.45) is 17.4 Å². The Kier molecular flexibility index (Phi) is 7.96. The molecule has 2 aliphatic rings. The molecule has 2 fully saturated rings. The molecule has 0 spiro atoms. The summed E-state index contributed by atoms with van der Waals surface area (Å²) in [7, 11) is 0. The Morgan fingerprint density at radius 1 is 1.05 bits per heavy atom. The second kappa shape index (κ2) is 11.0. The number of carbonyl (C=O) groups excluding carboxylic acids is 2. The summed E-state index contributed by atoms with van der Waals surface area (Å²) < 4.78 is 1.44. The first kappa shape index (κ1) is 26.8. The van der Waals surface area contributed by atoms with Gasteiger partial charge in [-0.3, -0.25) is 19.6 Å². The van der Waals surface area contributed by atoms with E-state index >= 15 is 0 Å². The Hall–Kier alpha value is -3.28. The Morgan fingerprint density at radius 2 is 1.70 bits per heavy atom. The lowest BCUT2D eigenvalue weighted by Gasteiger charge is -2.37. The molecule has 4 rings (SSSR count). The number of aromatic nitrogens is 2. The van der Waals surface area contributed by atoms with Crippen molar-refractivity contribution < 1.29 is 9.59 Å². The van der Waals surface area contributed by atoms with E-state index in [1.165, 1.54) is 10.1 Å². The van der Waals surface area contributed by atoms with E-state index in [0.717, 1.165) is 26.1 Å². The van der Waals surface area contributed by atoms with Crippen molar-refractivity contribution in [3.05, 3.63) is 52.6 Å². The zero-order valence-corrected chi connectivity index (χ0v) is 21.9. The number of piperidine rings is 1. The van der Waals surface area contributed by atoms with Crippen molar-refractivity contribution in [3.8, 4) is 5.69 Å². The van der Waals surface area contributed by atoms with E-state index in [1.807, 2.05) is 24.3 Å². The number of hydrogen-bond donors (Lipinski definition) is 3. The number of hydrogen-bond acceptors (Lipinski definition) is 7. The highest BCUT2D eigenvalue weighted by molar-refractivity contribution is 5.89. The molecule has 11 nitrogen and oxygen atoms in total. The molecule has 1 aromatic heterocycles. The standard InChI is InChI=1S/C26H38N8O3/c1-18-16-31(10-8-21(18)27)17-19-4-6-20(7-5-19)34-11-9-22(30-25(34)37)29-24(36)33-14-12-32(13-15-33)23(35)26(2,3)28/h4-7,9,11,18,21H,8,10,12-17,27-28H2,1-3H3,(H,29,30,36,37). The summed E-state index contributed by atoms with van der Waals surface area (Å²) in [6.07, 6.45) is 2.61. The fourth-order valence-corrected chi connectivity index (χ4v) is 4.79. The van der Waals surface area contributed by atoms with Crippen molar-refractivity contribution in [3.63, 3.8) is 0 Å². The maximum absolute atomic E-state index is 12.7. The lowest BCUT2D eigenvalue weighted by Crippen LogP contribution is -2.58. The minimum Gasteiger partial charge on any atom is -0.338 e. The number of anilines is 1. The maximum Gasteiger partial charge on any atom is 0.354 e. The van der Waals surface area contributed by atoms with Gasteiger partial charge in [0.15, 0.2) is 0 Å². The summed E-state index contributed by atoms with van der Waals surface area (Å²) in [5, 5.41) is 2.69. The van der Waals surface area contributed by atoms with Gasteiger partial charge in [0.05, 0.1) is 11.2 Å². The molecule has 2 saturated heterocycles. The fraction of sp³-hybridized carbons (Fsp3) is 0.538. The van der Waals surface area contributed by atoms with Gasteiger partial charge in [0.1, 0.15) is 5.82 Å². The first-order valence-corrected chi connectivity index (χ1v) is 12.8. The summed E-state index contributed by atoms with van der Waals surface area (Å²) in [5.41, 5.74) is 12.5. The molecule has 3 heterocycles. The molecular weight excluding hydrogens is 472 g/mol. The Bertz CT molecular complexity index is 1170. The second-order valence-corrected chi connectivity index (χ2v) is 10.7. The van der Waals surface area contributed by atoms with E-state index in [4.69, 9.17) is 11.5 Å². The molecule has 0 bridgehead atoms. The van der Waals surface area contributed by atoms with E-state index in [2.05, 4.69) is 22.1 Å². The third-order valence-corrected chi connectivity index (χ3v) is 7.12. The highest BCUT2D eigenvalue weighted by atomic mass is 16.2. The maximum atomic E-state index is 12.7. The van der Waals surface area contributed by atoms with Crippen LogP contribution in [0.25, 0.3) is 5.69 Å². The average molecular weight is 511 g/mol. The number of nitrogens with two attached hydrogens (primary N) is 2. The summed E-state index contributed by atoms with van der Waals surface area (Å²) in [6.45, 7) is 9.92. The third kappa shape index (κ3) is 6.54. The molecule has 0 radical (unpaired) electrons. The largest absolute Gasteiger partial charge is 0.354 e. The van der Waals surface area contributed by atoms with Crippen LogP contribution < -0.4 is 22.5 Å². The van der Waals surface area contributed by atoms with Crippen LogP contribution in [0.15, 0.2) is 41.3 Å². The Labute approximate surface area is 217 Å². The number of rotatable bonds is 5. The number of nitrogens with one attached hydrogen (secondary N) is 1. The van der Waals surface area contributed by atoms with E-state index in [0.29, 0.717) is 37.8 Å². The van der Waals surface area contributed by atoms with Crippen LogP contribution in [0.3, 0.4) is 0 Å². The summed E-state index contributed by atoms with van der Waals surface area (Å²) in [4.78, 5) is 47.4. The van der Waals surface area contributed by atoms with Crippen molar-refractivity contribution in [1.82, 2.24) is 24.3 Å². The fourth-order valence-electron chi connectivity index (χ4n) is 4.79. The van der Waals surface area contributed by atoms with Gasteiger partial charge >= 0.3 is 11.7 Å². The van der Waals surface area contributed by atoms with Gasteiger partial charge in [-0.05, 0) is 56.5 Å². The van der Waals surface area contributed by atoms with Crippen LogP contribution in [0.1, 0.15) is 32.8 Å². The van der Waals surface area contributed by atoms with Crippen molar-refractivity contribution >= 4 is 17.8 Å². The number of benzene rings is 1. The van der Waals surface area contributed by atoms with Gasteiger partial charge in [-0.25, -0.2) is 9.59 Å². The molecule has 0 saturated carbocycles. The minimum absolute atomic E-state index is 0.142. The Balaban J connectivity index is 1.32. The van der Waals surface area contributed by atoms with Gasteiger partial charge in [-0.15, -0.1) is 0 Å². The van der Waals surface area contributed by atoms with Crippen LogP contribution in [0, 0.1) is 5.92 Å². The Morgan fingerprint density at radius 3 is 2.30 bits per heavy atom. The van der Waals surface area contributed by atoms with Crippen LogP contribution in [-0.4, -0.2) is 87.0 Å². The van der Waals surface area contributed by atoms with Crippen LogP contribution in [0.2, 0.25) is 0 Å². The summed E-state index contributed by atoms with van der Waals surface area (Å²) in [6, 6.07) is 9.36. The minimum atomic E-state index is -0.945. The van der Waals surface area contributed by atoms with Crippen LogP contribution in [0.5, 0.6) is 0 Å². The monoisotopic (exact) mass is 510 g/mol. The van der Waals surface area contributed by atoms with E-state index in [-0.39, 0.29) is 23.8 Å². The van der Waals surface area contributed by atoms with Crippen LogP contribution in [0.4, 0.5) is 10.6 Å². The number of likely N-dealkylation sites (tertiary alicyclic amines) is 1. The topological polar surface area (TPSA) is 143 Å². The lowest BCUT2D eigenvalue weighted by molar-refractivity contribution is -0.137. The normalized spacial score (nSPS) is 21.1. The first-order valence-electron chi connectivity index (χ1n) is 12.8. The molecule has 37 heavy (non-hydrogen) atoms. The second-order valence-electron chi connectivity index (χ2n) is 10.7. The smallest absolute Gasteiger partial charge is 0.338 e. The van der Waals surface area contributed by atoms with Gasteiger partial charge in [-0.1, -0.05) is 19.1 Å². The molecule has 11 heteroatoms. The van der Waals surface area contributed by atoms with Crippen molar-refractivity contribution in [2.75, 3.05) is 44.6 Å². The number of amides is 3. The number of piperazine rings is 1. The first-order chi connectivity index (χ1) is 17.5. The average Bonchev–Trinajstić information content (AvgIpc) is 2.86. The molecule has 0 aliphatic carbocycles. The van der Waals surface area contributed by atoms with Crippen LogP contribution >= 0.6 is 0 Å². The molecule has 2 unspecified atom stereocenters. The predicted molar refractivity (Wildman–Crippen MR) is 142 cm³/mol. The summed E-state index contributed by atoms with van der Waals surface area (Å²) >= 11 is 0. The molecule has 3 amide bonds. The highest BCUT2D eigenvalue weighted by Gasteiger charge is 2.31. The molecule has 1 aromatic carbocycles. The molecule has 2 aromatic rings. The van der Waals surface area contributed by atoms with E-state index < -0.39 is 11.2 Å². The zero-order valence-electron chi connectivity index (χ0n) is 21.9. The highest BCUT2D eigenvalue weighted by Crippen LogP contribution is 2.18. The predicted octanol–water partition coefficient (Wildman–Crippen LogP) is 0.815. The molecule has 200 valence electrons. The number of urea groups is 1. The lowest BCUT2D eigenvalue weighted by atomic mass is 9.94. The van der Waals surface area contributed by atoms with E-state index in [9.17, 15) is 14.4 Å². The quantitative estimate of drug-likeness (QED) is 0.540. The van der Waals surface area contributed by atoms with Gasteiger partial charge in [-0.2, -0.15) is 4.98 Å². The number of nitrogens with zero attached hydrogens (tertiary/aromatic N) is 5. The molecule has 5 N–H and O–H groups in total. The molecular formula is C26H38N8O3. The summed E-state index contributed by atoms with van der Waals surface area (Å²) in [5.74, 6) is 0.521. The number of carbonyl (C=O) groups is 2. The van der Waals surface area contributed by atoms with Gasteiger partial charge in [0.25, 0.3) is 0 Å². The van der Waals surface area contributed by atoms with Gasteiger partial charge in [0.2, 0.25) is 5.91 Å². The van der Waals surface area contributed by atoms with E-state index in [1.54, 1.807) is 35.9 Å². The van der Waals surface area contributed by atoms with Gasteiger partial charge < -0.3 is 21.3 Å². The van der Waals surface area contributed by atoms with Gasteiger partial charge in [0, 0.05) is 51.5 Å². The molecule has 2 aliphatic heterocycles. The molecule has 2 atom stereocenters. The zero-order chi connectivity index (χ0) is 26.7. The van der Waals surface area contributed by atoms with Crippen LogP contribution in [-0.2, 0) is 11.3 Å². The SMILES string of the molecule is CC1CN(Cc2ccc(-n3ccc(NC(=O)N4CCN(C(=O)C(C)(C)N)CC4)nc3=O)cc2)CCC1N.